The SMILES string of the molecule is COc1ccc(F)c(Nc2nccc(C(N)=S)n2)c1. The molecule has 0 bridgehead atoms. The second-order valence-electron chi connectivity index (χ2n) is 3.60. The summed E-state index contributed by atoms with van der Waals surface area (Å²) in [4.78, 5) is 8.19. The molecule has 19 heavy (non-hydrogen) atoms. The minimum absolute atomic E-state index is 0.150. The lowest BCUT2D eigenvalue weighted by Gasteiger charge is -2.08. The van der Waals surface area contributed by atoms with E-state index in [2.05, 4.69) is 15.3 Å². The lowest BCUT2D eigenvalue weighted by atomic mass is 10.3. The Labute approximate surface area is 114 Å². The Balaban J connectivity index is 2.30. The van der Waals surface area contributed by atoms with Gasteiger partial charge in [0.05, 0.1) is 12.8 Å². The molecule has 1 aromatic carbocycles. The van der Waals surface area contributed by atoms with Crippen LogP contribution in [0.1, 0.15) is 5.69 Å². The molecule has 7 heteroatoms. The summed E-state index contributed by atoms with van der Waals surface area (Å²) in [7, 11) is 1.50. The maximum Gasteiger partial charge on any atom is 0.227 e. The van der Waals surface area contributed by atoms with Gasteiger partial charge in [0.25, 0.3) is 0 Å². The molecule has 2 rings (SSSR count). The van der Waals surface area contributed by atoms with Crippen LogP contribution in [0.3, 0.4) is 0 Å². The van der Waals surface area contributed by atoms with Crippen molar-refractivity contribution in [3.05, 3.63) is 42.0 Å². The minimum atomic E-state index is -0.440. The van der Waals surface area contributed by atoms with E-state index in [4.69, 9.17) is 22.7 Å². The summed E-state index contributed by atoms with van der Waals surface area (Å²) in [5.41, 5.74) is 6.09. The van der Waals surface area contributed by atoms with Crippen molar-refractivity contribution in [2.75, 3.05) is 12.4 Å². The highest BCUT2D eigenvalue weighted by Gasteiger charge is 2.07. The van der Waals surface area contributed by atoms with Crippen LogP contribution in [-0.4, -0.2) is 22.1 Å². The zero-order valence-electron chi connectivity index (χ0n) is 10.1. The third kappa shape index (κ3) is 3.14. The minimum Gasteiger partial charge on any atom is -0.497 e. The van der Waals surface area contributed by atoms with E-state index in [1.807, 2.05) is 0 Å². The molecule has 2 aromatic rings. The van der Waals surface area contributed by atoms with Crippen LogP contribution in [0.15, 0.2) is 30.5 Å². The summed E-state index contributed by atoms with van der Waals surface area (Å²) in [6, 6.07) is 5.90. The maximum absolute atomic E-state index is 13.6. The fourth-order valence-electron chi connectivity index (χ4n) is 1.40. The number of methoxy groups -OCH3 is 1. The summed E-state index contributed by atoms with van der Waals surface area (Å²) in [5, 5.41) is 2.75. The summed E-state index contributed by atoms with van der Waals surface area (Å²) < 4.78 is 18.6. The van der Waals surface area contributed by atoms with Crippen molar-refractivity contribution in [3.63, 3.8) is 0 Å². The molecule has 0 fully saturated rings. The Morgan fingerprint density at radius 2 is 2.21 bits per heavy atom. The Bertz CT molecular complexity index is 620. The molecule has 0 saturated heterocycles. The number of aromatic nitrogens is 2. The zero-order chi connectivity index (χ0) is 13.8. The third-order valence-corrected chi connectivity index (χ3v) is 2.54. The number of anilines is 2. The molecule has 3 N–H and O–H groups in total. The number of ether oxygens (including phenoxy) is 1. The number of hydrogen-bond donors (Lipinski definition) is 2. The van der Waals surface area contributed by atoms with E-state index in [0.717, 1.165) is 0 Å². The number of halogens is 1. The lowest BCUT2D eigenvalue weighted by Crippen LogP contribution is -2.13. The average molecular weight is 278 g/mol. The van der Waals surface area contributed by atoms with Gasteiger partial charge < -0.3 is 15.8 Å². The number of hydrogen-bond acceptors (Lipinski definition) is 5. The number of rotatable bonds is 4. The Morgan fingerprint density at radius 3 is 2.89 bits per heavy atom. The Hall–Kier alpha value is -2.28. The molecule has 0 amide bonds. The normalized spacial score (nSPS) is 10.0. The first-order valence-corrected chi connectivity index (χ1v) is 5.74. The molecular weight excluding hydrogens is 267 g/mol. The van der Waals surface area contributed by atoms with Crippen LogP contribution in [0.2, 0.25) is 0 Å². The molecule has 0 aliphatic heterocycles. The summed E-state index contributed by atoms with van der Waals surface area (Å²) in [6.07, 6.45) is 1.49. The monoisotopic (exact) mass is 278 g/mol. The molecule has 5 nitrogen and oxygen atoms in total. The van der Waals surface area contributed by atoms with Gasteiger partial charge in [-0.15, -0.1) is 0 Å². The molecule has 0 spiro atoms. The Kier molecular flexibility index (Phi) is 3.86. The van der Waals surface area contributed by atoms with Gasteiger partial charge in [0.15, 0.2) is 0 Å². The van der Waals surface area contributed by atoms with Crippen LogP contribution in [-0.2, 0) is 0 Å². The zero-order valence-corrected chi connectivity index (χ0v) is 10.9. The molecule has 0 atom stereocenters. The standard InChI is InChI=1S/C12H11FN4OS/c1-18-7-2-3-8(13)10(6-7)17-12-15-5-4-9(16-12)11(14)19/h2-6H,1H3,(H2,14,19)(H,15,16,17). The van der Waals surface area contributed by atoms with Crippen molar-refractivity contribution >= 4 is 28.8 Å². The van der Waals surface area contributed by atoms with Crippen molar-refractivity contribution in [3.8, 4) is 5.75 Å². The number of nitrogens with one attached hydrogen (secondary N) is 1. The Morgan fingerprint density at radius 1 is 1.42 bits per heavy atom. The smallest absolute Gasteiger partial charge is 0.227 e. The molecule has 0 aliphatic carbocycles. The van der Waals surface area contributed by atoms with Gasteiger partial charge in [0.1, 0.15) is 22.2 Å². The largest absolute Gasteiger partial charge is 0.497 e. The van der Waals surface area contributed by atoms with Crippen molar-refractivity contribution in [2.24, 2.45) is 5.73 Å². The van der Waals surface area contributed by atoms with E-state index in [9.17, 15) is 4.39 Å². The summed E-state index contributed by atoms with van der Waals surface area (Å²) >= 11 is 4.82. The molecule has 1 aromatic heterocycles. The van der Waals surface area contributed by atoms with Crippen molar-refractivity contribution in [2.45, 2.75) is 0 Å². The first-order valence-electron chi connectivity index (χ1n) is 5.33. The van der Waals surface area contributed by atoms with E-state index in [1.54, 1.807) is 6.07 Å². The molecule has 0 aliphatic rings. The van der Waals surface area contributed by atoms with Crippen molar-refractivity contribution in [1.82, 2.24) is 9.97 Å². The highest BCUT2D eigenvalue weighted by Crippen LogP contribution is 2.23. The number of benzene rings is 1. The third-order valence-electron chi connectivity index (χ3n) is 2.33. The molecule has 0 unspecified atom stereocenters. The predicted molar refractivity (Wildman–Crippen MR) is 74.2 cm³/mol. The van der Waals surface area contributed by atoms with Gasteiger partial charge in [-0.05, 0) is 18.2 Å². The quantitative estimate of drug-likeness (QED) is 0.833. The summed E-state index contributed by atoms with van der Waals surface area (Å²) in [5.74, 6) is 0.289. The second kappa shape index (κ2) is 5.57. The maximum atomic E-state index is 13.6. The fraction of sp³-hybridized carbons (Fsp3) is 0.0833. The van der Waals surface area contributed by atoms with Crippen LogP contribution >= 0.6 is 12.2 Å². The lowest BCUT2D eigenvalue weighted by molar-refractivity contribution is 0.414. The highest BCUT2D eigenvalue weighted by molar-refractivity contribution is 7.80. The number of nitrogens with two attached hydrogens (primary N) is 1. The van der Waals surface area contributed by atoms with Crippen LogP contribution in [0, 0.1) is 5.82 Å². The van der Waals surface area contributed by atoms with Gasteiger partial charge in [-0.2, -0.15) is 0 Å². The van der Waals surface area contributed by atoms with E-state index < -0.39 is 5.82 Å². The van der Waals surface area contributed by atoms with Crippen LogP contribution in [0.25, 0.3) is 0 Å². The average Bonchev–Trinajstić information content (AvgIpc) is 2.41. The van der Waals surface area contributed by atoms with Crippen molar-refractivity contribution in [1.29, 1.82) is 0 Å². The van der Waals surface area contributed by atoms with Gasteiger partial charge >= 0.3 is 0 Å². The predicted octanol–water partition coefficient (Wildman–Crippen LogP) is 2.00. The van der Waals surface area contributed by atoms with Crippen LogP contribution in [0.5, 0.6) is 5.75 Å². The topological polar surface area (TPSA) is 73.1 Å². The van der Waals surface area contributed by atoms with Gasteiger partial charge in [-0.1, -0.05) is 12.2 Å². The first kappa shape index (κ1) is 13.2. The molecular formula is C12H11FN4OS. The molecule has 1 heterocycles. The molecule has 0 radical (unpaired) electrons. The van der Waals surface area contributed by atoms with Gasteiger partial charge in [0, 0.05) is 12.3 Å². The van der Waals surface area contributed by atoms with E-state index >= 15 is 0 Å². The number of nitrogens with zero attached hydrogens (tertiary/aromatic N) is 2. The van der Waals surface area contributed by atoms with Crippen LogP contribution < -0.4 is 15.8 Å². The number of thiocarbonyl (C=S) groups is 1. The molecule has 0 saturated carbocycles. The van der Waals surface area contributed by atoms with E-state index in [1.165, 1.54) is 31.5 Å². The van der Waals surface area contributed by atoms with Gasteiger partial charge in [0.2, 0.25) is 5.95 Å². The fourth-order valence-corrected chi connectivity index (χ4v) is 1.52. The van der Waals surface area contributed by atoms with E-state index in [0.29, 0.717) is 11.4 Å². The van der Waals surface area contributed by atoms with E-state index in [-0.39, 0.29) is 16.6 Å². The molecule has 98 valence electrons. The summed E-state index contributed by atoms with van der Waals surface area (Å²) in [6.45, 7) is 0. The van der Waals surface area contributed by atoms with Crippen molar-refractivity contribution < 1.29 is 9.13 Å². The highest BCUT2D eigenvalue weighted by atomic mass is 32.1. The van der Waals surface area contributed by atoms with Gasteiger partial charge in [-0.25, -0.2) is 14.4 Å². The second-order valence-corrected chi connectivity index (χ2v) is 4.04. The first-order chi connectivity index (χ1) is 9.10. The van der Waals surface area contributed by atoms with Crippen LogP contribution in [0.4, 0.5) is 16.0 Å². The van der Waals surface area contributed by atoms with Gasteiger partial charge in [-0.3, -0.25) is 0 Å².